The number of aliphatic hydroxyl groups excluding tert-OH is 1. The molecule has 0 aromatic heterocycles. The molecule has 0 saturated heterocycles. The van der Waals surface area contributed by atoms with E-state index >= 15 is 0 Å². The molecule has 0 aliphatic rings. The van der Waals surface area contributed by atoms with Crippen molar-refractivity contribution < 1.29 is 13.9 Å². The van der Waals surface area contributed by atoms with Gasteiger partial charge in [0.2, 0.25) is 0 Å². The molecule has 0 amide bonds. The summed E-state index contributed by atoms with van der Waals surface area (Å²) in [6, 6.07) is 11.1. The second-order valence-electron chi connectivity index (χ2n) is 4.31. The Labute approximate surface area is 110 Å². The van der Waals surface area contributed by atoms with Crippen LogP contribution in [0.4, 0.5) is 8.78 Å². The lowest BCUT2D eigenvalue weighted by atomic mass is 10.1. The Morgan fingerprint density at radius 1 is 0.895 bits per heavy atom. The quantitative estimate of drug-likeness (QED) is 0.869. The number of hydrogen-bond donors (Lipinski definition) is 2. The highest BCUT2D eigenvalue weighted by atomic mass is 19.1. The number of rotatable bonds is 5. The number of aliphatic hydroxyl groups is 1. The van der Waals surface area contributed by atoms with Crippen LogP contribution in [0.25, 0.3) is 0 Å². The number of nitrogens with one attached hydrogen (secondary N) is 1. The first-order chi connectivity index (χ1) is 9.19. The van der Waals surface area contributed by atoms with E-state index in [1.807, 2.05) is 24.3 Å². The molecule has 19 heavy (non-hydrogen) atoms. The van der Waals surface area contributed by atoms with Crippen LogP contribution in [0.15, 0.2) is 42.5 Å². The van der Waals surface area contributed by atoms with Crippen LogP contribution in [-0.4, -0.2) is 5.11 Å². The molecule has 4 heteroatoms. The van der Waals surface area contributed by atoms with Crippen molar-refractivity contribution >= 4 is 0 Å². The Kier molecular flexibility index (Phi) is 4.60. The monoisotopic (exact) mass is 263 g/mol. The summed E-state index contributed by atoms with van der Waals surface area (Å²) in [6.45, 7) is 0.949. The van der Waals surface area contributed by atoms with Gasteiger partial charge < -0.3 is 10.4 Å². The molecule has 100 valence electrons. The summed E-state index contributed by atoms with van der Waals surface area (Å²) in [7, 11) is 0. The van der Waals surface area contributed by atoms with Crippen LogP contribution in [0, 0.1) is 11.6 Å². The smallest absolute Gasteiger partial charge is 0.130 e. The maximum atomic E-state index is 13.4. The molecule has 0 bridgehead atoms. The minimum absolute atomic E-state index is 0.0223. The van der Waals surface area contributed by atoms with Crippen LogP contribution in [0.5, 0.6) is 0 Å². The van der Waals surface area contributed by atoms with Crippen molar-refractivity contribution in [1.29, 1.82) is 0 Å². The van der Waals surface area contributed by atoms with Crippen molar-refractivity contribution in [2.75, 3.05) is 0 Å². The summed E-state index contributed by atoms with van der Waals surface area (Å²) < 4.78 is 26.1. The van der Waals surface area contributed by atoms with Gasteiger partial charge in [-0.1, -0.05) is 30.3 Å². The lowest BCUT2D eigenvalue weighted by Crippen LogP contribution is -2.13. The van der Waals surface area contributed by atoms with Crippen molar-refractivity contribution in [1.82, 2.24) is 5.32 Å². The average Bonchev–Trinajstić information content (AvgIpc) is 2.42. The second kappa shape index (κ2) is 6.41. The molecular weight excluding hydrogens is 248 g/mol. The van der Waals surface area contributed by atoms with Crippen molar-refractivity contribution in [3.63, 3.8) is 0 Å². The topological polar surface area (TPSA) is 32.3 Å². The van der Waals surface area contributed by atoms with Gasteiger partial charge in [0, 0.05) is 24.7 Å². The fourth-order valence-corrected chi connectivity index (χ4v) is 1.77. The van der Waals surface area contributed by atoms with Gasteiger partial charge >= 0.3 is 0 Å². The lowest BCUT2D eigenvalue weighted by molar-refractivity contribution is 0.282. The van der Waals surface area contributed by atoms with Crippen LogP contribution in [0.3, 0.4) is 0 Å². The van der Waals surface area contributed by atoms with Gasteiger partial charge in [-0.2, -0.15) is 0 Å². The molecule has 2 aromatic rings. The molecule has 0 spiro atoms. The molecule has 0 radical (unpaired) electrons. The maximum Gasteiger partial charge on any atom is 0.130 e. The highest BCUT2D eigenvalue weighted by Crippen LogP contribution is 2.10. The molecule has 0 heterocycles. The van der Waals surface area contributed by atoms with E-state index < -0.39 is 11.6 Å². The fourth-order valence-electron chi connectivity index (χ4n) is 1.77. The standard InChI is InChI=1S/C15H15F2NO/c16-14-6-5-13(15(17)7-14)9-18-8-11-1-3-12(10-19)4-2-11/h1-7,18-19H,8-10H2. The van der Waals surface area contributed by atoms with E-state index in [1.165, 1.54) is 12.1 Å². The van der Waals surface area contributed by atoms with Gasteiger partial charge in [-0.3, -0.25) is 0 Å². The summed E-state index contributed by atoms with van der Waals surface area (Å²) in [4.78, 5) is 0. The van der Waals surface area contributed by atoms with Gasteiger partial charge in [0.25, 0.3) is 0 Å². The maximum absolute atomic E-state index is 13.4. The van der Waals surface area contributed by atoms with Crippen molar-refractivity contribution in [2.45, 2.75) is 19.7 Å². The van der Waals surface area contributed by atoms with Gasteiger partial charge in [0.05, 0.1) is 6.61 Å². The summed E-state index contributed by atoms with van der Waals surface area (Å²) in [5.41, 5.74) is 2.33. The molecule has 0 aliphatic carbocycles. The molecule has 2 N–H and O–H groups in total. The Hall–Kier alpha value is -1.78. The predicted octanol–water partition coefficient (Wildman–Crippen LogP) is 2.75. The summed E-state index contributed by atoms with van der Waals surface area (Å²) in [5, 5.41) is 12.0. The zero-order valence-corrected chi connectivity index (χ0v) is 10.4. The van der Waals surface area contributed by atoms with Crippen LogP contribution in [-0.2, 0) is 19.7 Å². The minimum atomic E-state index is -0.569. The first kappa shape index (κ1) is 13.6. The Bertz CT molecular complexity index is 540. The predicted molar refractivity (Wildman–Crippen MR) is 69.3 cm³/mol. The molecule has 2 nitrogen and oxygen atoms in total. The van der Waals surface area contributed by atoms with E-state index in [9.17, 15) is 8.78 Å². The van der Waals surface area contributed by atoms with E-state index in [2.05, 4.69) is 5.32 Å². The summed E-state index contributed by atoms with van der Waals surface area (Å²) in [6.07, 6.45) is 0. The van der Waals surface area contributed by atoms with Gasteiger partial charge in [-0.05, 0) is 17.2 Å². The second-order valence-corrected chi connectivity index (χ2v) is 4.31. The molecule has 0 unspecified atom stereocenters. The van der Waals surface area contributed by atoms with Crippen molar-refractivity contribution in [3.8, 4) is 0 Å². The van der Waals surface area contributed by atoms with Crippen LogP contribution >= 0.6 is 0 Å². The minimum Gasteiger partial charge on any atom is -0.392 e. The fraction of sp³-hybridized carbons (Fsp3) is 0.200. The van der Waals surface area contributed by atoms with E-state index in [4.69, 9.17) is 5.11 Å². The van der Waals surface area contributed by atoms with Gasteiger partial charge in [-0.25, -0.2) is 8.78 Å². The average molecular weight is 263 g/mol. The number of halogens is 2. The van der Waals surface area contributed by atoms with E-state index in [0.29, 0.717) is 18.7 Å². The van der Waals surface area contributed by atoms with E-state index in [-0.39, 0.29) is 6.61 Å². The zero-order chi connectivity index (χ0) is 13.7. The van der Waals surface area contributed by atoms with Crippen LogP contribution in [0.2, 0.25) is 0 Å². The Morgan fingerprint density at radius 2 is 1.58 bits per heavy atom. The first-order valence-electron chi connectivity index (χ1n) is 6.02. The SMILES string of the molecule is OCc1ccc(CNCc2ccc(F)cc2F)cc1. The Morgan fingerprint density at radius 3 is 2.21 bits per heavy atom. The van der Waals surface area contributed by atoms with E-state index in [1.54, 1.807) is 0 Å². The Balaban J connectivity index is 1.88. The van der Waals surface area contributed by atoms with Gasteiger partial charge in [0.15, 0.2) is 0 Å². The van der Waals surface area contributed by atoms with Gasteiger partial charge in [-0.15, -0.1) is 0 Å². The van der Waals surface area contributed by atoms with E-state index in [0.717, 1.165) is 17.2 Å². The highest BCUT2D eigenvalue weighted by Gasteiger charge is 2.03. The summed E-state index contributed by atoms with van der Waals surface area (Å²) in [5.74, 6) is -1.11. The normalized spacial score (nSPS) is 10.7. The number of benzene rings is 2. The lowest BCUT2D eigenvalue weighted by Gasteiger charge is -2.07. The third-order valence-corrected chi connectivity index (χ3v) is 2.87. The van der Waals surface area contributed by atoms with Crippen LogP contribution < -0.4 is 5.32 Å². The van der Waals surface area contributed by atoms with Gasteiger partial charge in [0.1, 0.15) is 11.6 Å². The molecular formula is C15H15F2NO. The molecule has 2 aromatic carbocycles. The largest absolute Gasteiger partial charge is 0.392 e. The number of hydrogen-bond acceptors (Lipinski definition) is 2. The third kappa shape index (κ3) is 3.84. The van der Waals surface area contributed by atoms with Crippen LogP contribution in [0.1, 0.15) is 16.7 Å². The highest BCUT2D eigenvalue weighted by molar-refractivity contribution is 5.22. The molecule has 0 saturated carbocycles. The zero-order valence-electron chi connectivity index (χ0n) is 10.4. The van der Waals surface area contributed by atoms with Crippen molar-refractivity contribution in [3.05, 3.63) is 70.8 Å². The van der Waals surface area contributed by atoms with Crippen molar-refractivity contribution in [2.24, 2.45) is 0 Å². The molecule has 0 fully saturated rings. The molecule has 2 rings (SSSR count). The molecule has 0 aliphatic heterocycles. The first-order valence-corrected chi connectivity index (χ1v) is 6.02. The molecule has 0 atom stereocenters. The third-order valence-electron chi connectivity index (χ3n) is 2.87. The summed E-state index contributed by atoms with van der Waals surface area (Å²) >= 11 is 0.